The monoisotopic (exact) mass is 842 g/mol. The molecule has 0 aromatic heterocycles. The number of hydrogen-bond donors (Lipinski definition) is 6. The molecule has 0 radical (unpaired) electrons. The second-order valence-electron chi connectivity index (χ2n) is 8.34. The number of hydrogen-bond acceptors (Lipinski definition) is 11. The third-order valence-corrected chi connectivity index (χ3v) is 10.8. The Morgan fingerprint density at radius 2 is 1.16 bits per heavy atom. The maximum absolute atomic E-state index is 12.2. The number of aromatic hydroxyl groups is 2. The summed E-state index contributed by atoms with van der Waals surface area (Å²) in [5.74, 6) is -2.29. The molecule has 0 heterocycles. The fourth-order valence-electron chi connectivity index (χ4n) is 3.68. The minimum atomic E-state index is -5.57. The molecule has 0 unspecified atom stereocenters. The van der Waals surface area contributed by atoms with E-state index in [-0.39, 0.29) is 19.7 Å². The number of phenolic OH excluding ortho intramolecular Hbond substituents is 2. The number of fused-ring (bicyclic) bond motifs is 1. The molecule has 4 rings (SSSR count). The zero-order valence-corrected chi connectivity index (χ0v) is 28.0. The van der Waals surface area contributed by atoms with Crippen molar-refractivity contribution in [2.24, 2.45) is 20.5 Å². The van der Waals surface area contributed by atoms with Crippen molar-refractivity contribution in [3.63, 3.8) is 0 Å². The standard InChI is InChI=1S/C22H14AsBr2ClN4O11S2/c24-12-7-10(26)8-13(25)18(12)28-30-20-16(43(39,40)41)6-9-5-15(42(36,37)38)19(21(31)17(9)22(20)32)29-27-14-4-2-1-3-11(14)23(33,34)35/h1-8,31-32H,(H2,33,34,35)(H,36,37,38)(H,39,40,41). The molecule has 0 spiro atoms. The zero-order valence-electron chi connectivity index (χ0n) is 20.5. The fraction of sp³-hybridized carbons (Fsp3) is 0. The van der Waals surface area contributed by atoms with Gasteiger partial charge in [0.2, 0.25) is 0 Å². The van der Waals surface area contributed by atoms with E-state index in [1.807, 2.05) is 0 Å². The predicted molar refractivity (Wildman–Crippen MR) is 159 cm³/mol. The van der Waals surface area contributed by atoms with Gasteiger partial charge in [-0.15, -0.1) is 0 Å². The molecular weight excluding hydrogens is 831 g/mol. The molecular formula is C22H14AsBr2ClN4O11S2. The number of azo groups is 2. The van der Waals surface area contributed by atoms with Gasteiger partial charge in [-0.2, -0.15) is 0 Å². The predicted octanol–water partition coefficient (Wildman–Crippen LogP) is 5.31. The summed E-state index contributed by atoms with van der Waals surface area (Å²) in [4.78, 5) is -2.19. The molecule has 6 N–H and O–H groups in total. The normalized spacial score (nSPS) is 13.0. The van der Waals surface area contributed by atoms with Gasteiger partial charge in [-0.25, -0.2) is 0 Å². The number of phenols is 2. The van der Waals surface area contributed by atoms with Crippen molar-refractivity contribution in [2.45, 2.75) is 9.79 Å². The van der Waals surface area contributed by atoms with Crippen LogP contribution in [0, 0.1) is 0 Å². The summed E-state index contributed by atoms with van der Waals surface area (Å²) in [7, 11) is -10.4. The second kappa shape index (κ2) is 12.0. The average molecular weight is 845 g/mol. The minimum absolute atomic E-state index is 0.0656. The SMILES string of the molecule is O=S(=O)(O)c1cc2cc(S(=O)(=O)O)c(N=Nc3c(Br)cc(Cl)cc3Br)c(O)c2c(O)c1N=Nc1ccccc1[As](=O)(O)O. The number of rotatable bonds is 7. The number of benzene rings is 4. The Hall–Kier alpha value is -2.71. The van der Waals surface area contributed by atoms with Crippen LogP contribution in [0.4, 0.5) is 22.7 Å². The molecule has 0 fully saturated rings. The Labute approximate surface area is 266 Å². The van der Waals surface area contributed by atoms with Gasteiger partial charge in [0.05, 0.1) is 0 Å². The van der Waals surface area contributed by atoms with Crippen molar-refractivity contribution < 1.29 is 48.1 Å². The van der Waals surface area contributed by atoms with E-state index < -0.39 is 87.9 Å². The van der Waals surface area contributed by atoms with Crippen molar-refractivity contribution in [3.05, 3.63) is 62.5 Å². The van der Waals surface area contributed by atoms with Crippen LogP contribution in [0.3, 0.4) is 0 Å². The van der Waals surface area contributed by atoms with Crippen LogP contribution in [-0.2, 0) is 24.0 Å². The molecule has 4 aromatic carbocycles. The van der Waals surface area contributed by atoms with E-state index >= 15 is 0 Å². The number of halogens is 3. The zero-order chi connectivity index (χ0) is 32.1. The van der Waals surface area contributed by atoms with E-state index in [0.717, 1.165) is 12.1 Å². The summed E-state index contributed by atoms with van der Waals surface area (Å²) >= 11 is 6.79. The van der Waals surface area contributed by atoms with E-state index in [2.05, 4.69) is 52.3 Å². The summed E-state index contributed by atoms with van der Waals surface area (Å²) in [6.45, 7) is 0. The first-order valence-corrected chi connectivity index (χ1v) is 19.2. The van der Waals surface area contributed by atoms with Gasteiger partial charge in [-0.05, 0) is 44.0 Å². The van der Waals surface area contributed by atoms with Crippen molar-refractivity contribution in [3.8, 4) is 11.5 Å². The van der Waals surface area contributed by atoms with Crippen molar-refractivity contribution in [2.75, 3.05) is 0 Å². The van der Waals surface area contributed by atoms with Gasteiger partial charge in [0.25, 0.3) is 0 Å². The van der Waals surface area contributed by atoms with Gasteiger partial charge in [-0.3, -0.25) is 0 Å². The molecule has 15 nitrogen and oxygen atoms in total. The van der Waals surface area contributed by atoms with Crippen LogP contribution in [0.25, 0.3) is 10.8 Å². The Balaban J connectivity index is 2.06. The molecule has 0 bridgehead atoms. The van der Waals surface area contributed by atoms with E-state index in [9.17, 15) is 48.1 Å². The quantitative estimate of drug-likeness (QED) is 0.0789. The van der Waals surface area contributed by atoms with Crippen molar-refractivity contribution >= 4 is 116 Å². The molecule has 0 aliphatic heterocycles. The van der Waals surface area contributed by atoms with Crippen LogP contribution in [0.2, 0.25) is 5.02 Å². The first kappa shape index (κ1) is 33.2. The van der Waals surface area contributed by atoms with Gasteiger partial charge in [-0.1, -0.05) is 11.6 Å². The van der Waals surface area contributed by atoms with Crippen molar-refractivity contribution in [1.29, 1.82) is 0 Å². The fourth-order valence-corrected chi connectivity index (χ4v) is 8.28. The Bertz CT molecular complexity index is 2140. The first-order valence-electron chi connectivity index (χ1n) is 10.9. The van der Waals surface area contributed by atoms with Crippen LogP contribution in [-0.4, -0.2) is 58.5 Å². The third-order valence-electron chi connectivity index (χ3n) is 5.49. The van der Waals surface area contributed by atoms with Crippen LogP contribution in [0.5, 0.6) is 11.5 Å². The Morgan fingerprint density at radius 3 is 1.63 bits per heavy atom. The van der Waals surface area contributed by atoms with E-state index in [1.165, 1.54) is 24.3 Å². The molecule has 4 aromatic rings. The van der Waals surface area contributed by atoms with Crippen molar-refractivity contribution in [1.82, 2.24) is 0 Å². The summed E-state index contributed by atoms with van der Waals surface area (Å²) < 4.78 is 99.7. The van der Waals surface area contributed by atoms with Gasteiger partial charge in [0, 0.05) is 14.0 Å². The molecule has 21 heteroatoms. The summed E-state index contributed by atoms with van der Waals surface area (Å²) in [6, 6.07) is 8.93. The van der Waals surface area contributed by atoms with Crippen LogP contribution < -0.4 is 4.35 Å². The van der Waals surface area contributed by atoms with Crippen LogP contribution >= 0.6 is 43.5 Å². The van der Waals surface area contributed by atoms with Gasteiger partial charge in [0.1, 0.15) is 0 Å². The van der Waals surface area contributed by atoms with E-state index in [0.29, 0.717) is 12.1 Å². The summed E-state index contributed by atoms with van der Waals surface area (Å²) in [5.41, 5.74) is -2.23. The molecule has 43 heavy (non-hydrogen) atoms. The molecule has 0 amide bonds. The van der Waals surface area contributed by atoms with E-state index in [1.54, 1.807) is 0 Å². The molecule has 226 valence electrons. The number of nitrogens with zero attached hydrogens (tertiary/aromatic N) is 4. The van der Waals surface area contributed by atoms with E-state index in [4.69, 9.17) is 11.6 Å². The van der Waals surface area contributed by atoms with Crippen LogP contribution in [0.1, 0.15) is 0 Å². The van der Waals surface area contributed by atoms with Gasteiger partial charge in [0.15, 0.2) is 0 Å². The van der Waals surface area contributed by atoms with Gasteiger partial charge >= 0.3 is 199 Å². The third kappa shape index (κ3) is 7.01. The average Bonchev–Trinajstić information content (AvgIpc) is 2.86. The molecule has 0 saturated heterocycles. The molecule has 0 aliphatic rings. The summed E-state index contributed by atoms with van der Waals surface area (Å²) in [6.07, 6.45) is 0. The maximum atomic E-state index is 12.2. The Morgan fingerprint density at radius 1 is 0.721 bits per heavy atom. The molecule has 0 atom stereocenters. The summed E-state index contributed by atoms with van der Waals surface area (Å²) in [5, 5.41) is 36.0. The first-order chi connectivity index (χ1) is 19.8. The van der Waals surface area contributed by atoms with Crippen LogP contribution in [0.15, 0.2) is 87.7 Å². The topological polar surface area (TPSA) is 256 Å². The van der Waals surface area contributed by atoms with Gasteiger partial charge < -0.3 is 0 Å². The second-order valence-corrected chi connectivity index (χ2v) is 16.6. The molecule has 0 aliphatic carbocycles. The molecule has 0 saturated carbocycles. The Kier molecular flexibility index (Phi) is 9.26.